The van der Waals surface area contributed by atoms with Gasteiger partial charge in [0.05, 0.1) is 5.69 Å². The Kier molecular flexibility index (Phi) is 6.46. The first kappa shape index (κ1) is 21.5. The molecule has 9 heteroatoms. The van der Waals surface area contributed by atoms with E-state index >= 15 is 0 Å². The van der Waals surface area contributed by atoms with Crippen LogP contribution in [-0.4, -0.2) is 28.9 Å². The van der Waals surface area contributed by atoms with Crippen molar-refractivity contribution in [1.82, 2.24) is 14.9 Å². The Morgan fingerprint density at radius 1 is 1.09 bits per heavy atom. The summed E-state index contributed by atoms with van der Waals surface area (Å²) in [6.45, 7) is 5.70. The van der Waals surface area contributed by atoms with Gasteiger partial charge >= 0.3 is 0 Å². The molecule has 3 aromatic rings. The number of hydrogen-bond donors (Lipinski definition) is 5. The van der Waals surface area contributed by atoms with Crippen LogP contribution < -0.4 is 21.3 Å². The van der Waals surface area contributed by atoms with Gasteiger partial charge in [-0.05, 0) is 62.3 Å². The van der Waals surface area contributed by atoms with Crippen LogP contribution in [0.1, 0.15) is 24.6 Å². The average Bonchev–Trinajstić information content (AvgIpc) is 3.14. The first-order chi connectivity index (χ1) is 15.5. The first-order valence-electron chi connectivity index (χ1n) is 10.4. The molecule has 1 aliphatic heterocycles. The minimum Gasteiger partial charge on any atom is -0.342 e. The molecule has 0 spiro atoms. The highest BCUT2D eigenvalue weighted by molar-refractivity contribution is 5.84. The number of nitrogens with zero attached hydrogens (tertiary/aromatic N) is 2. The van der Waals surface area contributed by atoms with Crippen LogP contribution in [0.15, 0.2) is 60.9 Å². The number of rotatable bonds is 8. The lowest BCUT2D eigenvalue weighted by Crippen LogP contribution is -2.30. The molecule has 1 fully saturated rings. The molecular weight excluding hydrogens is 412 g/mol. The number of anilines is 4. The fourth-order valence-electron chi connectivity index (χ4n) is 3.75. The van der Waals surface area contributed by atoms with Crippen molar-refractivity contribution in [2.75, 3.05) is 29.0 Å². The fraction of sp³-hybridized carbons (Fsp3) is 0.217. The SMILES string of the molecule is C=C(Nc1ccc(F)cc1)Nc1c(C=N)nc(Nc2ccccc2F)n1C1CCNCC1. The molecule has 1 saturated heterocycles. The molecule has 2 heterocycles. The van der Waals surface area contributed by atoms with Gasteiger partial charge in [0, 0.05) is 17.9 Å². The second-order valence-corrected chi connectivity index (χ2v) is 7.51. The zero-order chi connectivity index (χ0) is 22.5. The quantitative estimate of drug-likeness (QED) is 0.326. The van der Waals surface area contributed by atoms with Crippen molar-refractivity contribution < 1.29 is 8.78 Å². The molecule has 0 amide bonds. The summed E-state index contributed by atoms with van der Waals surface area (Å²) in [5.74, 6) is 0.740. The van der Waals surface area contributed by atoms with Gasteiger partial charge in [-0.25, -0.2) is 13.8 Å². The highest BCUT2D eigenvalue weighted by atomic mass is 19.1. The van der Waals surface area contributed by atoms with E-state index < -0.39 is 0 Å². The van der Waals surface area contributed by atoms with E-state index in [9.17, 15) is 8.78 Å². The van der Waals surface area contributed by atoms with E-state index in [4.69, 9.17) is 5.41 Å². The summed E-state index contributed by atoms with van der Waals surface area (Å²) in [5.41, 5.74) is 1.36. The van der Waals surface area contributed by atoms with Crippen molar-refractivity contribution >= 4 is 29.4 Å². The lowest BCUT2D eigenvalue weighted by Gasteiger charge is -2.28. The third-order valence-corrected chi connectivity index (χ3v) is 5.28. The van der Waals surface area contributed by atoms with Crippen molar-refractivity contribution in [1.29, 1.82) is 5.41 Å². The molecule has 7 nitrogen and oxygen atoms in total. The number of halogens is 2. The summed E-state index contributed by atoms with van der Waals surface area (Å²) in [4.78, 5) is 4.55. The van der Waals surface area contributed by atoms with Crippen LogP contribution in [-0.2, 0) is 0 Å². The van der Waals surface area contributed by atoms with Gasteiger partial charge in [0.1, 0.15) is 29.0 Å². The Balaban J connectivity index is 1.67. The van der Waals surface area contributed by atoms with Crippen molar-refractivity contribution in [3.63, 3.8) is 0 Å². The summed E-state index contributed by atoms with van der Waals surface area (Å²) in [6.07, 6.45) is 2.86. The summed E-state index contributed by atoms with van der Waals surface area (Å²) in [6, 6.07) is 12.4. The minimum absolute atomic E-state index is 0.0906. The highest BCUT2D eigenvalue weighted by Gasteiger charge is 2.25. The number of imidazole rings is 1. The zero-order valence-electron chi connectivity index (χ0n) is 17.5. The number of aromatic nitrogens is 2. The number of para-hydroxylation sites is 1. The van der Waals surface area contributed by atoms with Gasteiger partial charge in [-0.3, -0.25) is 4.57 Å². The van der Waals surface area contributed by atoms with E-state index in [1.54, 1.807) is 30.3 Å². The van der Waals surface area contributed by atoms with Gasteiger partial charge in [-0.2, -0.15) is 0 Å². The third kappa shape index (κ3) is 4.78. The molecule has 0 radical (unpaired) electrons. The van der Waals surface area contributed by atoms with Gasteiger partial charge in [0.15, 0.2) is 0 Å². The molecule has 2 aromatic carbocycles. The Morgan fingerprint density at radius 2 is 1.81 bits per heavy atom. The molecule has 0 atom stereocenters. The van der Waals surface area contributed by atoms with Crippen molar-refractivity contribution in [2.45, 2.75) is 18.9 Å². The van der Waals surface area contributed by atoms with Crippen molar-refractivity contribution in [2.24, 2.45) is 0 Å². The molecule has 0 aliphatic carbocycles. The van der Waals surface area contributed by atoms with E-state index in [1.807, 2.05) is 4.57 Å². The zero-order valence-corrected chi connectivity index (χ0v) is 17.5. The van der Waals surface area contributed by atoms with Crippen LogP contribution in [0.25, 0.3) is 0 Å². The van der Waals surface area contributed by atoms with Crippen LogP contribution in [0.4, 0.5) is 31.9 Å². The Morgan fingerprint density at radius 3 is 2.50 bits per heavy atom. The van der Waals surface area contributed by atoms with E-state index in [1.165, 1.54) is 18.2 Å². The molecule has 5 N–H and O–H groups in total. The molecule has 1 aliphatic rings. The third-order valence-electron chi connectivity index (χ3n) is 5.28. The standard InChI is InChI=1S/C23H25F2N7/c1-15(28-17-8-6-16(24)7-9-17)29-22-21(14-26)31-23(30-20-5-3-2-4-19(20)25)32(22)18-10-12-27-13-11-18/h2-9,14,18,26-29H,1,10-13H2,(H,30,31). The molecular formula is C23H25F2N7. The van der Waals surface area contributed by atoms with Gasteiger partial charge in [0.2, 0.25) is 5.95 Å². The topological polar surface area (TPSA) is 89.8 Å². The van der Waals surface area contributed by atoms with Gasteiger partial charge in [0.25, 0.3) is 0 Å². The average molecular weight is 437 g/mol. The number of piperidine rings is 1. The maximum atomic E-state index is 14.3. The summed E-state index contributed by atoms with van der Waals surface area (Å²) >= 11 is 0. The Bertz CT molecular complexity index is 1100. The maximum Gasteiger partial charge on any atom is 0.209 e. The molecule has 32 heavy (non-hydrogen) atoms. The second-order valence-electron chi connectivity index (χ2n) is 7.51. The Labute approximate surface area is 185 Å². The molecule has 4 rings (SSSR count). The van der Waals surface area contributed by atoms with Gasteiger partial charge in [-0.15, -0.1) is 0 Å². The van der Waals surface area contributed by atoms with Gasteiger partial charge in [-0.1, -0.05) is 18.7 Å². The molecule has 0 saturated carbocycles. The molecule has 1 aromatic heterocycles. The van der Waals surface area contributed by atoms with Crippen molar-refractivity contribution in [3.8, 4) is 0 Å². The lowest BCUT2D eigenvalue weighted by atomic mass is 10.1. The summed E-state index contributed by atoms with van der Waals surface area (Å²) < 4.78 is 29.5. The number of benzene rings is 2. The second kappa shape index (κ2) is 9.61. The van der Waals surface area contributed by atoms with Crippen LogP contribution in [0.5, 0.6) is 0 Å². The van der Waals surface area contributed by atoms with E-state index in [-0.39, 0.29) is 17.7 Å². The summed E-state index contributed by atoms with van der Waals surface area (Å²) in [7, 11) is 0. The largest absolute Gasteiger partial charge is 0.342 e. The predicted octanol–water partition coefficient (Wildman–Crippen LogP) is 4.82. The smallest absolute Gasteiger partial charge is 0.209 e. The van der Waals surface area contributed by atoms with Crippen LogP contribution in [0, 0.1) is 17.0 Å². The summed E-state index contributed by atoms with van der Waals surface area (Å²) in [5, 5.41) is 20.6. The highest BCUT2D eigenvalue weighted by Crippen LogP contribution is 2.33. The van der Waals surface area contributed by atoms with E-state index in [2.05, 4.69) is 32.8 Å². The van der Waals surface area contributed by atoms with Crippen LogP contribution >= 0.6 is 0 Å². The first-order valence-corrected chi connectivity index (χ1v) is 10.4. The van der Waals surface area contributed by atoms with E-state index in [0.29, 0.717) is 34.7 Å². The van der Waals surface area contributed by atoms with Crippen molar-refractivity contribution in [3.05, 3.63) is 78.3 Å². The maximum absolute atomic E-state index is 14.3. The number of hydrogen-bond acceptors (Lipinski definition) is 6. The van der Waals surface area contributed by atoms with Crippen LogP contribution in [0.3, 0.4) is 0 Å². The van der Waals surface area contributed by atoms with E-state index in [0.717, 1.165) is 32.1 Å². The molecule has 0 bridgehead atoms. The van der Waals surface area contributed by atoms with Gasteiger partial charge < -0.3 is 26.7 Å². The normalized spacial score (nSPS) is 14.1. The fourth-order valence-corrected chi connectivity index (χ4v) is 3.75. The van der Waals surface area contributed by atoms with Crippen LogP contribution in [0.2, 0.25) is 0 Å². The minimum atomic E-state index is -0.388. The monoisotopic (exact) mass is 437 g/mol. The Hall–Kier alpha value is -3.72. The predicted molar refractivity (Wildman–Crippen MR) is 124 cm³/mol. The molecule has 166 valence electrons. The molecule has 0 unspecified atom stereocenters. The lowest BCUT2D eigenvalue weighted by molar-refractivity contribution is 0.374. The number of nitrogens with one attached hydrogen (secondary N) is 5.